The van der Waals surface area contributed by atoms with Crippen molar-refractivity contribution in [3.05, 3.63) is 0 Å². The molecule has 10 N–H and O–H groups in total. The minimum Gasteiger partial charge on any atom is -0.479 e. The van der Waals surface area contributed by atoms with Gasteiger partial charge in [-0.05, 0) is 0 Å². The molecular formula is C16H28O15. The van der Waals surface area contributed by atoms with E-state index in [9.17, 15) is 50.8 Å². The zero-order chi connectivity index (χ0) is 23.5. The van der Waals surface area contributed by atoms with Gasteiger partial charge in [0, 0.05) is 0 Å². The molecule has 182 valence electrons. The summed E-state index contributed by atoms with van der Waals surface area (Å²) in [6.07, 6.45) is -21.1. The van der Waals surface area contributed by atoms with Crippen LogP contribution in [-0.2, 0) is 23.7 Å². The SMILES string of the molecule is O=C(O)[C@H](O)[C@@H](CO)O[C@@H]1O[C@H](CO)[C@@H](O)[C@H](O[C@@H]2O[C@H](CO)[C@@H](O)[C@H](O)[C@@H]2O)[C@@H]1O. The molecule has 15 nitrogen and oxygen atoms in total. The number of carbonyl (C=O) groups is 1. The fourth-order valence-corrected chi connectivity index (χ4v) is 3.21. The van der Waals surface area contributed by atoms with Crippen LogP contribution in [0.5, 0.6) is 0 Å². The summed E-state index contributed by atoms with van der Waals surface area (Å²) in [4.78, 5) is 10.9. The summed E-state index contributed by atoms with van der Waals surface area (Å²) >= 11 is 0. The molecule has 2 aliphatic rings. The van der Waals surface area contributed by atoms with Gasteiger partial charge in [0.15, 0.2) is 18.7 Å². The lowest BCUT2D eigenvalue weighted by molar-refractivity contribution is -0.365. The van der Waals surface area contributed by atoms with Crippen molar-refractivity contribution in [3.8, 4) is 0 Å². The fourth-order valence-electron chi connectivity index (χ4n) is 3.21. The molecule has 12 atom stereocenters. The third kappa shape index (κ3) is 5.66. The molecule has 2 aliphatic heterocycles. The zero-order valence-electron chi connectivity index (χ0n) is 16.1. The summed E-state index contributed by atoms with van der Waals surface area (Å²) in [7, 11) is 0. The van der Waals surface area contributed by atoms with Gasteiger partial charge in [0.05, 0.1) is 19.8 Å². The molecule has 0 saturated carbocycles. The van der Waals surface area contributed by atoms with Gasteiger partial charge < -0.3 is 70.0 Å². The van der Waals surface area contributed by atoms with Crippen LogP contribution in [-0.4, -0.2) is 150 Å². The van der Waals surface area contributed by atoms with Crippen LogP contribution >= 0.6 is 0 Å². The Hall–Kier alpha value is -1.05. The van der Waals surface area contributed by atoms with E-state index < -0.39 is 99.4 Å². The summed E-state index contributed by atoms with van der Waals surface area (Å²) in [5.41, 5.74) is 0. The van der Waals surface area contributed by atoms with Gasteiger partial charge in [0.1, 0.15) is 54.9 Å². The van der Waals surface area contributed by atoms with Gasteiger partial charge in [-0.1, -0.05) is 0 Å². The van der Waals surface area contributed by atoms with Gasteiger partial charge in [0.25, 0.3) is 0 Å². The minimum absolute atomic E-state index is 0.764. The Labute approximate surface area is 175 Å². The number of aliphatic hydroxyl groups is 9. The Morgan fingerprint density at radius 1 is 0.806 bits per heavy atom. The van der Waals surface area contributed by atoms with Crippen LogP contribution in [0.2, 0.25) is 0 Å². The highest BCUT2D eigenvalue weighted by Gasteiger charge is 2.51. The van der Waals surface area contributed by atoms with Crippen molar-refractivity contribution in [1.82, 2.24) is 0 Å². The third-order valence-corrected chi connectivity index (χ3v) is 5.06. The fraction of sp³-hybridized carbons (Fsp3) is 0.938. The smallest absolute Gasteiger partial charge is 0.335 e. The number of hydrogen-bond acceptors (Lipinski definition) is 14. The van der Waals surface area contributed by atoms with E-state index in [2.05, 4.69) is 0 Å². The second-order valence-corrected chi connectivity index (χ2v) is 7.14. The lowest BCUT2D eigenvalue weighted by atomic mass is 9.97. The van der Waals surface area contributed by atoms with Gasteiger partial charge >= 0.3 is 5.97 Å². The van der Waals surface area contributed by atoms with E-state index in [1.165, 1.54) is 0 Å². The molecule has 0 spiro atoms. The standard InChI is InChI=1S/C16H28O15/c17-1-4-7(20)10(23)11(24)15(28-4)31-13-8(21)5(2-18)29-16(12(13)25)30-6(3-19)9(22)14(26)27/h4-13,15-25H,1-3H2,(H,26,27)/t4-,5-,6-,7-,8-,9-,10+,11+,12+,13+,15+,16+/m1/s1. The van der Waals surface area contributed by atoms with Crippen molar-refractivity contribution >= 4 is 5.97 Å². The summed E-state index contributed by atoms with van der Waals surface area (Å²) in [6.45, 7) is -2.59. The lowest BCUT2D eigenvalue weighted by Crippen LogP contribution is -2.65. The van der Waals surface area contributed by atoms with Crippen LogP contribution in [0.25, 0.3) is 0 Å². The molecule has 0 amide bonds. The van der Waals surface area contributed by atoms with Crippen molar-refractivity contribution in [2.24, 2.45) is 0 Å². The second-order valence-electron chi connectivity index (χ2n) is 7.14. The Morgan fingerprint density at radius 2 is 1.35 bits per heavy atom. The number of carboxylic acids is 1. The summed E-state index contributed by atoms with van der Waals surface area (Å²) in [6, 6.07) is 0. The normalized spacial score (nSPS) is 43.4. The van der Waals surface area contributed by atoms with E-state index in [4.69, 9.17) is 24.1 Å². The van der Waals surface area contributed by atoms with Crippen LogP contribution in [0.3, 0.4) is 0 Å². The first-order valence-corrected chi connectivity index (χ1v) is 9.32. The van der Waals surface area contributed by atoms with Gasteiger partial charge in [-0.2, -0.15) is 0 Å². The van der Waals surface area contributed by atoms with Crippen molar-refractivity contribution in [2.75, 3.05) is 19.8 Å². The average molecular weight is 460 g/mol. The molecule has 2 saturated heterocycles. The predicted molar refractivity (Wildman–Crippen MR) is 92.0 cm³/mol. The molecule has 0 radical (unpaired) electrons. The Balaban J connectivity index is 2.19. The van der Waals surface area contributed by atoms with E-state index in [1.54, 1.807) is 0 Å². The second kappa shape index (κ2) is 11.2. The van der Waals surface area contributed by atoms with Crippen LogP contribution in [0.4, 0.5) is 0 Å². The maximum absolute atomic E-state index is 10.9. The van der Waals surface area contributed by atoms with Gasteiger partial charge in [0.2, 0.25) is 0 Å². The Bertz CT molecular complexity index is 575. The third-order valence-electron chi connectivity index (χ3n) is 5.06. The molecule has 0 bridgehead atoms. The van der Waals surface area contributed by atoms with E-state index in [0.717, 1.165) is 0 Å². The van der Waals surface area contributed by atoms with Crippen molar-refractivity contribution < 1.29 is 74.8 Å². The first-order chi connectivity index (χ1) is 14.6. The number of hydrogen-bond donors (Lipinski definition) is 10. The van der Waals surface area contributed by atoms with Gasteiger partial charge in [-0.3, -0.25) is 0 Å². The number of ether oxygens (including phenoxy) is 4. The molecule has 0 aliphatic carbocycles. The predicted octanol–water partition coefficient (Wildman–Crippen LogP) is -6.57. The number of rotatable bonds is 9. The maximum Gasteiger partial charge on any atom is 0.335 e. The highest BCUT2D eigenvalue weighted by atomic mass is 16.7. The van der Waals surface area contributed by atoms with Crippen molar-refractivity contribution in [1.29, 1.82) is 0 Å². The van der Waals surface area contributed by atoms with Crippen LogP contribution < -0.4 is 0 Å². The van der Waals surface area contributed by atoms with Crippen LogP contribution in [0, 0.1) is 0 Å². The van der Waals surface area contributed by atoms with Crippen LogP contribution in [0.1, 0.15) is 0 Å². The molecule has 0 aromatic heterocycles. The van der Waals surface area contributed by atoms with Crippen LogP contribution in [0.15, 0.2) is 0 Å². The summed E-state index contributed by atoms with van der Waals surface area (Å²) in [5.74, 6) is -1.74. The number of carboxylic acid groups (broad SMARTS) is 1. The molecular weight excluding hydrogens is 432 g/mol. The van der Waals surface area contributed by atoms with Crippen molar-refractivity contribution in [3.63, 3.8) is 0 Å². The molecule has 0 unspecified atom stereocenters. The number of aliphatic carboxylic acids is 1. The highest BCUT2D eigenvalue weighted by Crippen LogP contribution is 2.30. The Kier molecular flexibility index (Phi) is 9.46. The molecule has 15 heteroatoms. The van der Waals surface area contributed by atoms with E-state index in [1.807, 2.05) is 0 Å². The summed E-state index contributed by atoms with van der Waals surface area (Å²) in [5, 5.41) is 97.0. The highest BCUT2D eigenvalue weighted by molar-refractivity contribution is 5.72. The quantitative estimate of drug-likeness (QED) is 0.153. The first-order valence-electron chi connectivity index (χ1n) is 9.32. The monoisotopic (exact) mass is 460 g/mol. The molecule has 0 aromatic rings. The first kappa shape index (κ1) is 26.2. The van der Waals surface area contributed by atoms with Gasteiger partial charge in [-0.25, -0.2) is 4.79 Å². The molecule has 31 heavy (non-hydrogen) atoms. The maximum atomic E-state index is 10.9. The molecule has 2 heterocycles. The average Bonchev–Trinajstić information content (AvgIpc) is 2.75. The molecule has 2 rings (SSSR count). The van der Waals surface area contributed by atoms with E-state index in [-0.39, 0.29) is 0 Å². The Morgan fingerprint density at radius 3 is 1.87 bits per heavy atom. The zero-order valence-corrected chi connectivity index (χ0v) is 16.1. The topological polar surface area (TPSA) is 256 Å². The summed E-state index contributed by atoms with van der Waals surface area (Å²) < 4.78 is 20.7. The van der Waals surface area contributed by atoms with E-state index in [0.29, 0.717) is 0 Å². The van der Waals surface area contributed by atoms with E-state index >= 15 is 0 Å². The number of aliphatic hydroxyl groups excluding tert-OH is 9. The largest absolute Gasteiger partial charge is 0.479 e. The van der Waals surface area contributed by atoms with Crippen molar-refractivity contribution in [2.45, 2.75) is 73.6 Å². The van der Waals surface area contributed by atoms with Gasteiger partial charge in [-0.15, -0.1) is 0 Å². The lowest BCUT2D eigenvalue weighted by Gasteiger charge is -2.46. The molecule has 0 aromatic carbocycles. The molecule has 2 fully saturated rings. The minimum atomic E-state index is -2.20.